The Bertz CT molecular complexity index is 1930. The van der Waals surface area contributed by atoms with Crippen molar-refractivity contribution in [2.75, 3.05) is 13.2 Å². The van der Waals surface area contributed by atoms with Crippen LogP contribution in [0.5, 0.6) is 0 Å². The third-order valence-corrected chi connectivity index (χ3v) is 7.45. The van der Waals surface area contributed by atoms with E-state index in [0.717, 1.165) is 15.3 Å². The van der Waals surface area contributed by atoms with Crippen molar-refractivity contribution in [2.45, 2.75) is 45.2 Å². The average molecular weight is 628 g/mol. The SMILES string of the molecule is CCCn1c(=O)n(CC(O)COC(=O)c2cccc3ccccc23)c(=O)n(CC(O)COC(=O)c2cccc3ccccc23)c1=O. The monoisotopic (exact) mass is 627 g/mol. The molecular weight excluding hydrogens is 594 g/mol. The fourth-order valence-corrected chi connectivity index (χ4v) is 5.24. The van der Waals surface area contributed by atoms with Crippen molar-refractivity contribution in [3.63, 3.8) is 0 Å². The number of hydrogen-bond donors (Lipinski definition) is 2. The minimum Gasteiger partial charge on any atom is -0.459 e. The molecule has 1 aromatic heterocycles. The molecule has 0 amide bonds. The van der Waals surface area contributed by atoms with E-state index in [-0.39, 0.29) is 17.7 Å². The van der Waals surface area contributed by atoms with E-state index >= 15 is 0 Å². The van der Waals surface area contributed by atoms with Crippen LogP contribution in [0.3, 0.4) is 0 Å². The number of ether oxygens (including phenoxy) is 2. The van der Waals surface area contributed by atoms with Crippen LogP contribution in [0, 0.1) is 0 Å². The van der Waals surface area contributed by atoms with E-state index in [1.165, 1.54) is 0 Å². The first-order valence-electron chi connectivity index (χ1n) is 14.8. The summed E-state index contributed by atoms with van der Waals surface area (Å²) in [6.45, 7) is -0.542. The third kappa shape index (κ3) is 6.82. The van der Waals surface area contributed by atoms with Gasteiger partial charge >= 0.3 is 29.0 Å². The Morgan fingerprint density at radius 2 is 1.00 bits per heavy atom. The van der Waals surface area contributed by atoms with E-state index in [4.69, 9.17) is 9.47 Å². The fraction of sp³-hybridized carbons (Fsp3) is 0.265. The molecule has 46 heavy (non-hydrogen) atoms. The second-order valence-corrected chi connectivity index (χ2v) is 10.8. The summed E-state index contributed by atoms with van der Waals surface area (Å²) in [6, 6.07) is 24.7. The Labute approximate surface area is 262 Å². The van der Waals surface area contributed by atoms with Gasteiger partial charge in [-0.2, -0.15) is 0 Å². The number of carbonyl (C=O) groups is 2. The van der Waals surface area contributed by atoms with Gasteiger partial charge in [0.1, 0.15) is 25.4 Å². The zero-order chi connectivity index (χ0) is 32.8. The van der Waals surface area contributed by atoms with Gasteiger partial charge in [-0.05, 0) is 40.1 Å². The van der Waals surface area contributed by atoms with Gasteiger partial charge in [-0.15, -0.1) is 0 Å². The molecule has 4 aromatic carbocycles. The summed E-state index contributed by atoms with van der Waals surface area (Å²) in [7, 11) is 0. The molecule has 0 saturated carbocycles. The first kappa shape index (κ1) is 32.1. The van der Waals surface area contributed by atoms with Crippen molar-refractivity contribution in [3.05, 3.63) is 128 Å². The summed E-state index contributed by atoms with van der Waals surface area (Å²) < 4.78 is 12.7. The quantitative estimate of drug-likeness (QED) is 0.198. The van der Waals surface area contributed by atoms with Crippen LogP contribution >= 0.6 is 0 Å². The third-order valence-electron chi connectivity index (χ3n) is 7.45. The minimum atomic E-state index is -1.48. The Balaban J connectivity index is 1.30. The van der Waals surface area contributed by atoms with Gasteiger partial charge in [0.25, 0.3) is 0 Å². The summed E-state index contributed by atoms with van der Waals surface area (Å²) in [6.07, 6.45) is -2.57. The predicted molar refractivity (Wildman–Crippen MR) is 170 cm³/mol. The number of carbonyl (C=O) groups excluding carboxylic acids is 2. The molecule has 0 aliphatic heterocycles. The number of esters is 2. The van der Waals surface area contributed by atoms with Gasteiger partial charge < -0.3 is 19.7 Å². The number of benzene rings is 4. The molecule has 0 aliphatic carbocycles. The Kier molecular flexibility index (Phi) is 9.89. The number of aliphatic hydroxyl groups is 2. The highest BCUT2D eigenvalue weighted by atomic mass is 16.5. The zero-order valence-electron chi connectivity index (χ0n) is 25.1. The molecule has 5 rings (SSSR count). The van der Waals surface area contributed by atoms with Gasteiger partial charge in [0.2, 0.25) is 0 Å². The molecule has 1 heterocycles. The predicted octanol–water partition coefficient (Wildman–Crippen LogP) is 2.32. The van der Waals surface area contributed by atoms with Crippen LogP contribution in [0.1, 0.15) is 34.1 Å². The number of aliphatic hydroxyl groups excluding tert-OH is 2. The molecule has 12 nitrogen and oxygen atoms in total. The molecule has 0 aliphatic rings. The molecular formula is C34H33N3O9. The Morgan fingerprint density at radius 1 is 0.609 bits per heavy atom. The maximum Gasteiger partial charge on any atom is 0.338 e. The van der Waals surface area contributed by atoms with Crippen molar-refractivity contribution >= 4 is 33.5 Å². The number of hydrogen-bond acceptors (Lipinski definition) is 9. The second-order valence-electron chi connectivity index (χ2n) is 10.8. The number of aromatic nitrogens is 3. The van der Waals surface area contributed by atoms with Crippen LogP contribution in [0.25, 0.3) is 21.5 Å². The molecule has 2 unspecified atom stereocenters. The van der Waals surface area contributed by atoms with Crippen LogP contribution in [0.4, 0.5) is 0 Å². The smallest absolute Gasteiger partial charge is 0.338 e. The van der Waals surface area contributed by atoms with E-state index in [0.29, 0.717) is 26.3 Å². The highest BCUT2D eigenvalue weighted by molar-refractivity contribution is 6.05. The first-order chi connectivity index (χ1) is 22.2. The summed E-state index contributed by atoms with van der Waals surface area (Å²) in [5.74, 6) is -1.39. The van der Waals surface area contributed by atoms with Gasteiger partial charge in [-0.1, -0.05) is 79.7 Å². The van der Waals surface area contributed by atoms with Crippen molar-refractivity contribution in [1.29, 1.82) is 0 Å². The lowest BCUT2D eigenvalue weighted by molar-refractivity contribution is 0.0190. The van der Waals surface area contributed by atoms with Crippen LogP contribution in [0.15, 0.2) is 99.3 Å². The van der Waals surface area contributed by atoms with E-state index < -0.39 is 67.5 Å². The molecule has 5 aromatic rings. The topological polar surface area (TPSA) is 159 Å². The summed E-state index contributed by atoms with van der Waals surface area (Å²) in [4.78, 5) is 65.2. The van der Waals surface area contributed by atoms with Crippen LogP contribution in [0.2, 0.25) is 0 Å². The van der Waals surface area contributed by atoms with Crippen molar-refractivity contribution in [1.82, 2.24) is 13.7 Å². The lowest BCUT2D eigenvalue weighted by Crippen LogP contribution is -2.56. The average Bonchev–Trinajstić information content (AvgIpc) is 3.07. The highest BCUT2D eigenvalue weighted by Gasteiger charge is 2.22. The molecule has 0 spiro atoms. The largest absolute Gasteiger partial charge is 0.459 e. The van der Waals surface area contributed by atoms with Gasteiger partial charge in [0, 0.05) is 6.54 Å². The fourth-order valence-electron chi connectivity index (χ4n) is 5.24. The second kappa shape index (κ2) is 14.2. The number of nitrogens with zero attached hydrogens (tertiary/aromatic N) is 3. The minimum absolute atomic E-state index is 0.0315. The van der Waals surface area contributed by atoms with Gasteiger partial charge in [-0.25, -0.2) is 37.7 Å². The maximum atomic E-state index is 13.3. The first-order valence-corrected chi connectivity index (χ1v) is 14.8. The Morgan fingerprint density at radius 3 is 1.43 bits per heavy atom. The molecule has 238 valence electrons. The van der Waals surface area contributed by atoms with E-state index in [1.54, 1.807) is 55.5 Å². The van der Waals surface area contributed by atoms with Gasteiger partial charge in [0.15, 0.2) is 0 Å². The summed E-state index contributed by atoms with van der Waals surface area (Å²) in [5.41, 5.74) is -2.41. The van der Waals surface area contributed by atoms with Crippen molar-refractivity contribution < 1.29 is 29.3 Å². The van der Waals surface area contributed by atoms with Gasteiger partial charge in [-0.3, -0.25) is 0 Å². The van der Waals surface area contributed by atoms with E-state index in [2.05, 4.69) is 0 Å². The molecule has 12 heteroatoms. The molecule has 0 fully saturated rings. The van der Waals surface area contributed by atoms with Crippen LogP contribution in [-0.4, -0.2) is 61.3 Å². The zero-order valence-corrected chi connectivity index (χ0v) is 25.1. The molecule has 2 atom stereocenters. The molecule has 0 radical (unpaired) electrons. The highest BCUT2D eigenvalue weighted by Crippen LogP contribution is 2.20. The standard InChI is InChI=1S/C34H33N3O9/c1-2-17-35-32(42)36(18-24(38)20-45-30(40)28-15-7-11-22-9-3-5-13-26(22)28)34(44)37(33(35)43)19-25(39)21-46-31(41)29-16-8-12-23-10-4-6-14-27(23)29/h3-16,24-25,38-39H,2,17-21H2,1H3. The Hall–Kier alpha value is -5.33. The molecule has 2 N–H and O–H groups in total. The van der Waals surface area contributed by atoms with E-state index in [1.807, 2.05) is 36.4 Å². The van der Waals surface area contributed by atoms with Crippen molar-refractivity contribution in [3.8, 4) is 0 Å². The molecule has 0 saturated heterocycles. The lowest BCUT2D eigenvalue weighted by atomic mass is 10.1. The number of fused-ring (bicyclic) bond motifs is 2. The van der Waals surface area contributed by atoms with Gasteiger partial charge in [0.05, 0.1) is 24.2 Å². The summed E-state index contributed by atoms with van der Waals surface area (Å²) >= 11 is 0. The normalized spacial score (nSPS) is 12.6. The molecule has 0 bridgehead atoms. The number of rotatable bonds is 12. The summed E-state index contributed by atoms with van der Waals surface area (Å²) in [5, 5.41) is 24.3. The van der Waals surface area contributed by atoms with Crippen molar-refractivity contribution in [2.24, 2.45) is 0 Å². The van der Waals surface area contributed by atoms with Crippen LogP contribution in [-0.2, 0) is 29.1 Å². The van der Waals surface area contributed by atoms with E-state index in [9.17, 15) is 34.2 Å². The maximum absolute atomic E-state index is 13.3. The lowest BCUT2D eigenvalue weighted by Gasteiger charge is -2.18. The van der Waals surface area contributed by atoms with Crippen LogP contribution < -0.4 is 17.1 Å².